The summed E-state index contributed by atoms with van der Waals surface area (Å²) in [6, 6.07) is 15.4. The van der Waals surface area contributed by atoms with E-state index in [4.69, 9.17) is 32.5 Å². The van der Waals surface area contributed by atoms with Crippen molar-refractivity contribution in [3.63, 3.8) is 0 Å². The Balaban J connectivity index is 1.49. The van der Waals surface area contributed by atoms with Crippen LogP contribution in [0.15, 0.2) is 56.6 Å². The van der Waals surface area contributed by atoms with Crippen LogP contribution in [-0.4, -0.2) is 4.57 Å². The molecule has 5 heterocycles. The van der Waals surface area contributed by atoms with Gasteiger partial charge in [0.2, 0.25) is 0 Å². The van der Waals surface area contributed by atoms with E-state index in [-0.39, 0.29) is 11.4 Å². The second-order valence-corrected chi connectivity index (χ2v) is 9.56. The van der Waals surface area contributed by atoms with Crippen molar-refractivity contribution in [2.24, 2.45) is 0 Å². The number of nitrogens with zero attached hydrogens (tertiary/aromatic N) is 5. The first-order chi connectivity index (χ1) is 17.1. The summed E-state index contributed by atoms with van der Waals surface area (Å²) in [6.45, 7) is 16.8. The Hall–Kier alpha value is -4.80. The second kappa shape index (κ2) is 8.86. The van der Waals surface area contributed by atoms with Crippen LogP contribution < -0.4 is 0 Å². The number of allylic oxidation sites excluding steroid dienone is 2. The molecule has 166 valence electrons. The molecule has 0 fully saturated rings. The van der Waals surface area contributed by atoms with Gasteiger partial charge >= 0.3 is 0 Å². The molecule has 0 aliphatic carbocycles. The van der Waals surface area contributed by atoms with Gasteiger partial charge in [0.05, 0.1) is 46.1 Å². The van der Waals surface area contributed by atoms with E-state index in [1.165, 1.54) is 22.7 Å². The van der Waals surface area contributed by atoms with E-state index in [1.807, 2.05) is 48.5 Å². The summed E-state index contributed by atoms with van der Waals surface area (Å²) < 4.78 is 16.2. The molecule has 0 aliphatic heterocycles. The highest BCUT2D eigenvalue weighted by Crippen LogP contribution is 2.39. The number of hydrogen-bond acceptors (Lipinski definition) is 6. The summed E-state index contributed by atoms with van der Waals surface area (Å²) in [5.74, 6) is 1.45. The molecule has 0 atom stereocenters. The van der Waals surface area contributed by atoms with Crippen LogP contribution in [0.2, 0.25) is 0 Å². The van der Waals surface area contributed by atoms with E-state index < -0.39 is 0 Å². The third-order valence-corrected chi connectivity index (χ3v) is 7.30. The molecule has 0 spiro atoms. The van der Waals surface area contributed by atoms with Crippen molar-refractivity contribution in [2.75, 3.05) is 0 Å². The maximum absolute atomic E-state index is 8.98. The normalized spacial score (nSPS) is 11.9. The Morgan fingerprint density at radius 1 is 0.886 bits per heavy atom. The Bertz CT molecular complexity index is 1610. The third-order valence-electron chi connectivity index (χ3n) is 5.28. The van der Waals surface area contributed by atoms with E-state index in [2.05, 4.69) is 21.2 Å². The first kappa shape index (κ1) is 22.0. The highest BCUT2D eigenvalue weighted by Gasteiger charge is 2.19. The fourth-order valence-electron chi connectivity index (χ4n) is 3.79. The van der Waals surface area contributed by atoms with Crippen LogP contribution in [0, 0.1) is 35.8 Å². The fourth-order valence-corrected chi connectivity index (χ4v) is 5.71. The maximum atomic E-state index is 8.98. The largest absolute Gasteiger partial charge is 0.454 e. The third kappa shape index (κ3) is 3.92. The Labute approximate surface area is 207 Å². The standard InChI is InChI=1S/C26H13N5O2S2/c1-4-31-19(21-11-25-23(32-21)9-17(34-25)7-15(13-27)29-2)5-6-20(31)22-12-26-24(33-22)10-18(35-26)8-16(14-28)30-3/h5-12H,4H2,1H3/b15-7-,16-8+. The van der Waals surface area contributed by atoms with Crippen molar-refractivity contribution >= 4 is 55.4 Å². The second-order valence-electron chi connectivity index (χ2n) is 7.33. The van der Waals surface area contributed by atoms with Crippen molar-refractivity contribution in [1.82, 2.24) is 4.57 Å². The van der Waals surface area contributed by atoms with Crippen molar-refractivity contribution in [3.8, 4) is 35.0 Å². The quantitative estimate of drug-likeness (QED) is 0.184. The van der Waals surface area contributed by atoms with Crippen LogP contribution in [-0.2, 0) is 6.54 Å². The van der Waals surface area contributed by atoms with Crippen molar-refractivity contribution < 1.29 is 8.83 Å². The predicted octanol–water partition coefficient (Wildman–Crippen LogP) is 8.02. The maximum Gasteiger partial charge on any atom is 0.263 e. The lowest BCUT2D eigenvalue weighted by Gasteiger charge is -2.08. The summed E-state index contributed by atoms with van der Waals surface area (Å²) in [4.78, 5) is 8.00. The number of thiophene rings is 2. The molecule has 5 aromatic rings. The molecule has 0 N–H and O–H groups in total. The number of hydrogen-bond donors (Lipinski definition) is 0. The monoisotopic (exact) mass is 491 g/mol. The number of fused-ring (bicyclic) bond motifs is 2. The van der Waals surface area contributed by atoms with Gasteiger partial charge < -0.3 is 13.4 Å². The van der Waals surface area contributed by atoms with Gasteiger partial charge in [-0.3, -0.25) is 0 Å². The van der Waals surface area contributed by atoms with Crippen LogP contribution in [0.1, 0.15) is 16.7 Å². The lowest BCUT2D eigenvalue weighted by Crippen LogP contribution is -1.98. The molecule has 0 saturated heterocycles. The highest BCUT2D eigenvalue weighted by molar-refractivity contribution is 7.20. The van der Waals surface area contributed by atoms with Crippen LogP contribution in [0.25, 0.3) is 65.3 Å². The van der Waals surface area contributed by atoms with Crippen molar-refractivity contribution in [3.05, 3.63) is 80.4 Å². The minimum atomic E-state index is 0.0389. The molecule has 5 aromatic heterocycles. The van der Waals surface area contributed by atoms with E-state index in [0.29, 0.717) is 17.7 Å². The first-order valence-electron chi connectivity index (χ1n) is 10.3. The topological polar surface area (TPSA) is 87.5 Å². The number of aromatic nitrogens is 1. The van der Waals surface area contributed by atoms with E-state index in [9.17, 15) is 0 Å². The van der Waals surface area contributed by atoms with Gasteiger partial charge in [0, 0.05) is 28.4 Å². The molecule has 0 unspecified atom stereocenters. The lowest BCUT2D eigenvalue weighted by atomic mass is 10.3. The van der Waals surface area contributed by atoms with Gasteiger partial charge in [0.1, 0.15) is 11.2 Å². The lowest BCUT2D eigenvalue weighted by molar-refractivity contribution is 0.608. The fraction of sp³-hybridized carbons (Fsp3) is 0.0769. The summed E-state index contributed by atoms with van der Waals surface area (Å²) in [6.07, 6.45) is 3.12. The van der Waals surface area contributed by atoms with Crippen LogP contribution in [0.5, 0.6) is 0 Å². The molecule has 9 heteroatoms. The molecule has 0 aliphatic rings. The van der Waals surface area contributed by atoms with Gasteiger partial charge in [0.15, 0.2) is 11.5 Å². The summed E-state index contributed by atoms with van der Waals surface area (Å²) in [5.41, 5.74) is 3.33. The Morgan fingerprint density at radius 3 is 1.69 bits per heavy atom. The van der Waals surface area contributed by atoms with Gasteiger partial charge in [-0.05, 0) is 43.3 Å². The van der Waals surface area contributed by atoms with Gasteiger partial charge in [0.25, 0.3) is 11.4 Å². The molecule has 0 bridgehead atoms. The van der Waals surface area contributed by atoms with Gasteiger partial charge in [-0.1, -0.05) is 0 Å². The zero-order chi connectivity index (χ0) is 24.5. The number of nitriles is 2. The molecule has 0 amide bonds. The summed E-state index contributed by atoms with van der Waals surface area (Å²) in [5, 5.41) is 18.0. The first-order valence-corrected chi connectivity index (χ1v) is 12.0. The van der Waals surface area contributed by atoms with Gasteiger partial charge in [-0.25, -0.2) is 20.2 Å². The Morgan fingerprint density at radius 2 is 1.34 bits per heavy atom. The minimum Gasteiger partial charge on any atom is -0.454 e. The Kier molecular flexibility index (Phi) is 5.57. The highest BCUT2D eigenvalue weighted by atomic mass is 32.1. The molecular weight excluding hydrogens is 478 g/mol. The number of furan rings is 2. The van der Waals surface area contributed by atoms with Crippen LogP contribution in [0.4, 0.5) is 0 Å². The van der Waals surface area contributed by atoms with Gasteiger partial charge in [-0.15, -0.1) is 22.7 Å². The smallest absolute Gasteiger partial charge is 0.263 e. The van der Waals surface area contributed by atoms with Crippen molar-refractivity contribution in [1.29, 1.82) is 10.5 Å². The van der Waals surface area contributed by atoms with Crippen LogP contribution >= 0.6 is 22.7 Å². The zero-order valence-corrected chi connectivity index (χ0v) is 19.8. The molecule has 7 nitrogen and oxygen atoms in total. The SMILES string of the molecule is [C-]#[N+]/C(C#N)=C\c1cc2oc(-c3ccc(-c4cc5sc(/C=C(\C#N)[N+]#[C-])cc5o4)n3CC)cc2s1. The molecule has 5 rings (SSSR count). The molecular formula is C26H13N5O2S2. The minimum absolute atomic E-state index is 0.0389. The van der Waals surface area contributed by atoms with Crippen molar-refractivity contribution in [2.45, 2.75) is 13.5 Å². The number of rotatable bonds is 5. The summed E-state index contributed by atoms with van der Waals surface area (Å²) in [7, 11) is 0. The van der Waals surface area contributed by atoms with Gasteiger partial charge in [-0.2, -0.15) is 0 Å². The summed E-state index contributed by atoms with van der Waals surface area (Å²) >= 11 is 2.93. The van der Waals surface area contributed by atoms with E-state index in [1.54, 1.807) is 12.2 Å². The molecule has 0 aromatic carbocycles. The molecule has 35 heavy (non-hydrogen) atoms. The van der Waals surface area contributed by atoms with Crippen LogP contribution in [0.3, 0.4) is 0 Å². The zero-order valence-electron chi connectivity index (χ0n) is 18.2. The van der Waals surface area contributed by atoms with E-state index in [0.717, 1.165) is 42.1 Å². The molecule has 0 radical (unpaired) electrons. The predicted molar refractivity (Wildman–Crippen MR) is 137 cm³/mol. The molecule has 0 saturated carbocycles. The average molecular weight is 492 g/mol. The average Bonchev–Trinajstić information content (AvgIpc) is 3.65. The van der Waals surface area contributed by atoms with E-state index >= 15 is 0 Å².